The average molecular weight is 396 g/mol. The molecule has 2 fully saturated rings. The van der Waals surface area contributed by atoms with Gasteiger partial charge < -0.3 is 14.5 Å². The minimum Gasteiger partial charge on any atom is -0.497 e. The van der Waals surface area contributed by atoms with Crippen molar-refractivity contribution >= 4 is 11.8 Å². The van der Waals surface area contributed by atoms with E-state index in [-0.39, 0.29) is 29.5 Å². The van der Waals surface area contributed by atoms with Crippen LogP contribution in [0.3, 0.4) is 0 Å². The number of hydrogen-bond donors (Lipinski definition) is 0. The largest absolute Gasteiger partial charge is 0.497 e. The van der Waals surface area contributed by atoms with Gasteiger partial charge in [0.15, 0.2) is 0 Å². The lowest BCUT2D eigenvalue weighted by Gasteiger charge is -2.24. The van der Waals surface area contributed by atoms with Gasteiger partial charge in [0.05, 0.1) is 13.0 Å². The molecule has 0 radical (unpaired) electrons. The lowest BCUT2D eigenvalue weighted by Crippen LogP contribution is -2.37. The summed E-state index contributed by atoms with van der Waals surface area (Å²) in [5, 5.41) is 0. The monoisotopic (exact) mass is 396 g/mol. The maximum atomic E-state index is 13.4. The van der Waals surface area contributed by atoms with Gasteiger partial charge in [-0.1, -0.05) is 12.1 Å². The van der Waals surface area contributed by atoms with Crippen molar-refractivity contribution in [2.45, 2.75) is 18.8 Å². The Kier molecular flexibility index (Phi) is 5.51. The lowest BCUT2D eigenvalue weighted by atomic mass is 9.88. The summed E-state index contributed by atoms with van der Waals surface area (Å²) in [5.74, 6) is -0.0559. The fraction of sp³-hybridized carbons (Fsp3) is 0.391. The standard InChI is InChI=1S/C23H25FN2O3/c1-29-19-10-6-17(7-11-19)22(27)26-14-20(16-4-8-18(24)9-5-16)21(15-26)23(28)25-12-2-3-13-25/h4-11,20-21H,2-3,12-15H2,1H3/t20-,21-/m0/s1. The second-order valence-electron chi connectivity index (χ2n) is 7.74. The normalized spacial score (nSPS) is 21.4. The van der Waals surface area contributed by atoms with Gasteiger partial charge in [0.2, 0.25) is 5.91 Å². The fourth-order valence-corrected chi connectivity index (χ4v) is 4.36. The van der Waals surface area contributed by atoms with E-state index in [9.17, 15) is 14.0 Å². The molecule has 0 unspecified atom stereocenters. The first-order valence-electron chi connectivity index (χ1n) is 10.0. The molecule has 5 nitrogen and oxygen atoms in total. The Balaban J connectivity index is 1.58. The van der Waals surface area contributed by atoms with Gasteiger partial charge in [0.1, 0.15) is 11.6 Å². The fourth-order valence-electron chi connectivity index (χ4n) is 4.36. The molecule has 0 aromatic heterocycles. The summed E-state index contributed by atoms with van der Waals surface area (Å²) in [6.45, 7) is 2.37. The first-order valence-corrected chi connectivity index (χ1v) is 10.0. The molecule has 0 N–H and O–H groups in total. The molecule has 2 aromatic carbocycles. The zero-order valence-electron chi connectivity index (χ0n) is 16.5. The third-order valence-corrected chi connectivity index (χ3v) is 5.98. The van der Waals surface area contributed by atoms with E-state index in [0.717, 1.165) is 31.5 Å². The zero-order valence-corrected chi connectivity index (χ0v) is 16.5. The molecule has 2 heterocycles. The van der Waals surface area contributed by atoms with Crippen molar-refractivity contribution in [1.82, 2.24) is 9.80 Å². The molecule has 152 valence electrons. The summed E-state index contributed by atoms with van der Waals surface area (Å²) in [4.78, 5) is 29.9. The van der Waals surface area contributed by atoms with Crippen LogP contribution >= 0.6 is 0 Å². The number of carbonyl (C=O) groups excluding carboxylic acids is 2. The smallest absolute Gasteiger partial charge is 0.253 e. The molecule has 29 heavy (non-hydrogen) atoms. The molecule has 2 atom stereocenters. The molecule has 0 saturated carbocycles. The molecule has 6 heteroatoms. The highest BCUT2D eigenvalue weighted by Gasteiger charge is 2.42. The van der Waals surface area contributed by atoms with Crippen LogP contribution in [0, 0.1) is 11.7 Å². The van der Waals surface area contributed by atoms with Gasteiger partial charge in [-0.15, -0.1) is 0 Å². The van der Waals surface area contributed by atoms with Gasteiger partial charge in [-0.3, -0.25) is 9.59 Å². The van der Waals surface area contributed by atoms with Gasteiger partial charge in [-0.2, -0.15) is 0 Å². The molecular formula is C23H25FN2O3. The molecule has 4 rings (SSSR count). The van der Waals surface area contributed by atoms with Crippen LogP contribution in [-0.2, 0) is 4.79 Å². The summed E-state index contributed by atoms with van der Waals surface area (Å²) < 4.78 is 18.6. The van der Waals surface area contributed by atoms with E-state index in [1.165, 1.54) is 12.1 Å². The van der Waals surface area contributed by atoms with E-state index < -0.39 is 0 Å². The average Bonchev–Trinajstić information content (AvgIpc) is 3.44. The van der Waals surface area contributed by atoms with Crippen molar-refractivity contribution in [3.05, 3.63) is 65.5 Å². The predicted octanol–water partition coefficient (Wildman–Crippen LogP) is 3.31. The van der Waals surface area contributed by atoms with E-state index in [4.69, 9.17) is 4.74 Å². The highest BCUT2D eigenvalue weighted by atomic mass is 19.1. The maximum Gasteiger partial charge on any atom is 0.253 e. The van der Waals surface area contributed by atoms with E-state index in [2.05, 4.69) is 0 Å². The number of methoxy groups -OCH3 is 1. The summed E-state index contributed by atoms with van der Waals surface area (Å²) in [7, 11) is 1.58. The second kappa shape index (κ2) is 8.23. The Labute approximate surface area is 170 Å². The molecule has 0 spiro atoms. The van der Waals surface area contributed by atoms with Crippen LogP contribution in [0.15, 0.2) is 48.5 Å². The van der Waals surface area contributed by atoms with E-state index in [1.807, 2.05) is 4.90 Å². The Morgan fingerprint density at radius 2 is 1.59 bits per heavy atom. The van der Waals surface area contributed by atoms with Crippen LogP contribution in [0.1, 0.15) is 34.7 Å². The Bertz CT molecular complexity index is 876. The van der Waals surface area contributed by atoms with Gasteiger partial charge in [0, 0.05) is 37.7 Å². The van der Waals surface area contributed by atoms with E-state index in [1.54, 1.807) is 48.4 Å². The van der Waals surface area contributed by atoms with Crippen LogP contribution in [0.2, 0.25) is 0 Å². The van der Waals surface area contributed by atoms with Crippen LogP contribution in [-0.4, -0.2) is 54.9 Å². The number of ether oxygens (including phenoxy) is 1. The Hall–Kier alpha value is -2.89. The van der Waals surface area contributed by atoms with E-state index in [0.29, 0.717) is 24.4 Å². The van der Waals surface area contributed by atoms with Gasteiger partial charge in [-0.05, 0) is 54.8 Å². The summed E-state index contributed by atoms with van der Waals surface area (Å²) >= 11 is 0. The number of halogens is 1. The van der Waals surface area contributed by atoms with E-state index >= 15 is 0 Å². The number of nitrogens with zero attached hydrogens (tertiary/aromatic N) is 2. The molecule has 2 amide bonds. The highest BCUT2D eigenvalue weighted by Crippen LogP contribution is 2.35. The third kappa shape index (κ3) is 3.97. The number of likely N-dealkylation sites (tertiary alicyclic amines) is 2. The SMILES string of the molecule is COc1ccc(C(=O)N2C[C@H](C(=O)N3CCCC3)[C@H](c3ccc(F)cc3)C2)cc1. The topological polar surface area (TPSA) is 49.9 Å². The summed E-state index contributed by atoms with van der Waals surface area (Å²) in [5.41, 5.74) is 1.46. The lowest BCUT2D eigenvalue weighted by molar-refractivity contribution is -0.134. The number of carbonyl (C=O) groups is 2. The molecule has 2 aliphatic rings. The quantitative estimate of drug-likeness (QED) is 0.797. The van der Waals surface area contributed by atoms with Crippen LogP contribution < -0.4 is 4.74 Å². The van der Waals surface area contributed by atoms with Crippen molar-refractivity contribution in [3.8, 4) is 5.75 Å². The van der Waals surface area contributed by atoms with Gasteiger partial charge in [-0.25, -0.2) is 4.39 Å². The predicted molar refractivity (Wildman–Crippen MR) is 107 cm³/mol. The Morgan fingerprint density at radius 1 is 0.931 bits per heavy atom. The number of benzene rings is 2. The van der Waals surface area contributed by atoms with Crippen LogP contribution in [0.5, 0.6) is 5.75 Å². The molecule has 2 saturated heterocycles. The first kappa shape index (κ1) is 19.4. The highest BCUT2D eigenvalue weighted by molar-refractivity contribution is 5.95. The van der Waals surface area contributed by atoms with Gasteiger partial charge >= 0.3 is 0 Å². The number of rotatable bonds is 4. The molecule has 0 bridgehead atoms. The first-order chi connectivity index (χ1) is 14.1. The molecule has 2 aliphatic heterocycles. The minimum absolute atomic E-state index is 0.0989. The van der Waals surface area contributed by atoms with Crippen molar-refractivity contribution < 1.29 is 18.7 Å². The van der Waals surface area contributed by atoms with Crippen LogP contribution in [0.4, 0.5) is 4.39 Å². The van der Waals surface area contributed by atoms with Crippen molar-refractivity contribution in [2.75, 3.05) is 33.3 Å². The summed E-state index contributed by atoms with van der Waals surface area (Å²) in [6, 6.07) is 13.3. The zero-order chi connectivity index (χ0) is 20.4. The minimum atomic E-state index is -0.305. The third-order valence-electron chi connectivity index (χ3n) is 5.98. The number of amides is 2. The van der Waals surface area contributed by atoms with Crippen molar-refractivity contribution in [1.29, 1.82) is 0 Å². The van der Waals surface area contributed by atoms with Crippen molar-refractivity contribution in [2.24, 2.45) is 5.92 Å². The summed E-state index contributed by atoms with van der Waals surface area (Å²) in [6.07, 6.45) is 2.04. The maximum absolute atomic E-state index is 13.4. The second-order valence-corrected chi connectivity index (χ2v) is 7.74. The number of hydrogen-bond acceptors (Lipinski definition) is 3. The molecular weight excluding hydrogens is 371 g/mol. The van der Waals surface area contributed by atoms with Crippen molar-refractivity contribution in [3.63, 3.8) is 0 Å². The molecule has 0 aliphatic carbocycles. The van der Waals surface area contributed by atoms with Gasteiger partial charge in [0.25, 0.3) is 5.91 Å². The van der Waals surface area contributed by atoms with Crippen LogP contribution in [0.25, 0.3) is 0 Å². The molecule has 2 aromatic rings. The Morgan fingerprint density at radius 3 is 2.21 bits per heavy atom.